The van der Waals surface area contributed by atoms with Gasteiger partial charge >= 0.3 is 0 Å². The monoisotopic (exact) mass is 474 g/mol. The number of nitrogens with zero attached hydrogens (tertiary/aromatic N) is 2. The second-order valence-electron chi connectivity index (χ2n) is 7.29. The van der Waals surface area contributed by atoms with Gasteiger partial charge in [-0.15, -0.1) is 24.0 Å². The summed E-state index contributed by atoms with van der Waals surface area (Å²) >= 11 is 0. The number of halogens is 1. The minimum Gasteiger partial charge on any atom is -0.393 e. The van der Waals surface area contributed by atoms with Crippen LogP contribution in [0.15, 0.2) is 29.3 Å². The molecule has 0 unspecified atom stereocenters. The lowest BCUT2D eigenvalue weighted by molar-refractivity contribution is 0.0792. The van der Waals surface area contributed by atoms with Crippen molar-refractivity contribution in [3.8, 4) is 0 Å². The molecule has 3 N–H and O–H groups in total. The topological polar surface area (TPSA) is 59.9 Å². The van der Waals surface area contributed by atoms with E-state index in [0.29, 0.717) is 12.5 Å². The molecule has 26 heavy (non-hydrogen) atoms. The summed E-state index contributed by atoms with van der Waals surface area (Å²) in [7, 11) is 0. The van der Waals surface area contributed by atoms with Crippen molar-refractivity contribution in [3.05, 3.63) is 35.4 Å². The van der Waals surface area contributed by atoms with Crippen LogP contribution < -0.4 is 10.6 Å². The van der Waals surface area contributed by atoms with Crippen molar-refractivity contribution in [2.24, 2.45) is 10.9 Å². The molecule has 5 nitrogen and oxygen atoms in total. The molecule has 1 aromatic carbocycles. The SMILES string of the molecule is CCNC(=NCc1ccc(CN2CCC(O)CC2)cc1)NCC(C)C.I. The molecule has 1 aliphatic heterocycles. The predicted molar refractivity (Wildman–Crippen MR) is 120 cm³/mol. The van der Waals surface area contributed by atoms with Crippen molar-refractivity contribution in [2.45, 2.75) is 52.8 Å². The normalized spacial score (nSPS) is 16.4. The highest BCUT2D eigenvalue weighted by Crippen LogP contribution is 2.14. The van der Waals surface area contributed by atoms with Gasteiger partial charge in [0.2, 0.25) is 0 Å². The first-order valence-corrected chi connectivity index (χ1v) is 9.57. The first-order chi connectivity index (χ1) is 12.1. The number of nitrogens with one attached hydrogen (secondary N) is 2. The smallest absolute Gasteiger partial charge is 0.191 e. The highest BCUT2D eigenvalue weighted by molar-refractivity contribution is 14.0. The van der Waals surface area contributed by atoms with Crippen molar-refractivity contribution < 1.29 is 5.11 Å². The van der Waals surface area contributed by atoms with Crippen LogP contribution >= 0.6 is 24.0 Å². The molecule has 2 rings (SSSR count). The van der Waals surface area contributed by atoms with Gasteiger partial charge in [0.25, 0.3) is 0 Å². The van der Waals surface area contributed by atoms with Gasteiger partial charge in [-0.3, -0.25) is 4.90 Å². The Bertz CT molecular complexity index is 525. The maximum Gasteiger partial charge on any atom is 0.191 e. The van der Waals surface area contributed by atoms with Crippen molar-refractivity contribution in [1.82, 2.24) is 15.5 Å². The lowest BCUT2D eigenvalue weighted by Gasteiger charge is -2.29. The lowest BCUT2D eigenvalue weighted by Crippen LogP contribution is -2.39. The summed E-state index contributed by atoms with van der Waals surface area (Å²) < 4.78 is 0. The van der Waals surface area contributed by atoms with Crippen LogP contribution in [0.25, 0.3) is 0 Å². The second-order valence-corrected chi connectivity index (χ2v) is 7.29. The number of aliphatic hydroxyl groups is 1. The molecule has 0 atom stereocenters. The van der Waals surface area contributed by atoms with Crippen LogP contribution in [-0.2, 0) is 13.1 Å². The van der Waals surface area contributed by atoms with E-state index >= 15 is 0 Å². The summed E-state index contributed by atoms with van der Waals surface area (Å²) in [6.07, 6.45) is 1.68. The zero-order valence-corrected chi connectivity index (χ0v) is 18.7. The summed E-state index contributed by atoms with van der Waals surface area (Å²) in [6.45, 7) is 11.9. The van der Waals surface area contributed by atoms with Gasteiger partial charge in [0.05, 0.1) is 12.6 Å². The fourth-order valence-corrected chi connectivity index (χ4v) is 2.90. The van der Waals surface area contributed by atoms with Crippen molar-refractivity contribution in [1.29, 1.82) is 0 Å². The second kappa shape index (κ2) is 12.5. The molecule has 1 aromatic rings. The minimum atomic E-state index is -0.105. The van der Waals surface area contributed by atoms with Crippen LogP contribution in [0.2, 0.25) is 0 Å². The predicted octanol–water partition coefficient (Wildman–Crippen LogP) is 2.97. The van der Waals surface area contributed by atoms with Crippen molar-refractivity contribution in [2.75, 3.05) is 26.2 Å². The van der Waals surface area contributed by atoms with E-state index in [-0.39, 0.29) is 30.1 Å². The van der Waals surface area contributed by atoms with Gasteiger partial charge in [0.15, 0.2) is 5.96 Å². The molecule has 0 aliphatic carbocycles. The standard InChI is InChI=1S/C20H34N4O.HI/c1-4-21-20(22-13-16(2)3)23-14-17-5-7-18(8-6-17)15-24-11-9-19(25)10-12-24;/h5-8,16,19,25H,4,9-15H2,1-3H3,(H2,21,22,23);1H. The average Bonchev–Trinajstić information content (AvgIpc) is 2.60. The molecule has 0 saturated carbocycles. The summed E-state index contributed by atoms with van der Waals surface area (Å²) in [5.74, 6) is 1.48. The number of rotatable bonds is 7. The lowest BCUT2D eigenvalue weighted by atomic mass is 10.1. The van der Waals surface area contributed by atoms with Crippen LogP contribution in [-0.4, -0.2) is 48.2 Å². The average molecular weight is 474 g/mol. The van der Waals surface area contributed by atoms with Gasteiger partial charge in [-0.25, -0.2) is 4.99 Å². The largest absolute Gasteiger partial charge is 0.393 e. The molecule has 0 radical (unpaired) electrons. The Morgan fingerprint density at radius 3 is 2.35 bits per heavy atom. The molecular formula is C20H35IN4O. The minimum absolute atomic E-state index is 0. The first-order valence-electron chi connectivity index (χ1n) is 9.57. The Kier molecular flexibility index (Phi) is 11.2. The number of benzene rings is 1. The molecule has 6 heteroatoms. The number of hydrogen-bond acceptors (Lipinski definition) is 3. The van der Waals surface area contributed by atoms with E-state index in [1.54, 1.807) is 0 Å². The van der Waals surface area contributed by atoms with E-state index in [2.05, 4.69) is 65.6 Å². The number of piperidine rings is 1. The molecule has 0 spiro atoms. The van der Waals surface area contributed by atoms with Crippen molar-refractivity contribution >= 4 is 29.9 Å². The van der Waals surface area contributed by atoms with Crippen LogP contribution in [0.1, 0.15) is 44.7 Å². The Hall–Kier alpha value is -0.860. The van der Waals surface area contributed by atoms with Crippen LogP contribution in [0.4, 0.5) is 0 Å². The number of aliphatic imine (C=N–C) groups is 1. The van der Waals surface area contributed by atoms with Crippen LogP contribution in [0.3, 0.4) is 0 Å². The Balaban J connectivity index is 0.00000338. The quantitative estimate of drug-likeness (QED) is 0.323. The highest BCUT2D eigenvalue weighted by atomic mass is 127. The molecule has 148 valence electrons. The zero-order valence-electron chi connectivity index (χ0n) is 16.4. The maximum absolute atomic E-state index is 9.59. The van der Waals surface area contributed by atoms with Crippen molar-refractivity contribution in [3.63, 3.8) is 0 Å². The van der Waals surface area contributed by atoms with E-state index in [0.717, 1.165) is 51.5 Å². The summed E-state index contributed by atoms with van der Waals surface area (Å²) in [6, 6.07) is 8.74. The molecule has 0 amide bonds. The van der Waals surface area contributed by atoms with Gasteiger partial charge in [-0.2, -0.15) is 0 Å². The highest BCUT2D eigenvalue weighted by Gasteiger charge is 2.16. The summed E-state index contributed by atoms with van der Waals surface area (Å²) in [5.41, 5.74) is 2.55. The molecule has 1 aliphatic rings. The first kappa shape index (κ1) is 23.2. The molecular weight excluding hydrogens is 439 g/mol. The molecule has 1 fully saturated rings. The third kappa shape index (κ3) is 8.68. The number of guanidine groups is 1. The summed E-state index contributed by atoms with van der Waals surface area (Å²) in [4.78, 5) is 7.08. The van der Waals surface area contributed by atoms with E-state index in [9.17, 15) is 5.11 Å². The van der Waals surface area contributed by atoms with Gasteiger partial charge in [0, 0.05) is 32.7 Å². The van der Waals surface area contributed by atoms with E-state index in [1.165, 1.54) is 11.1 Å². The number of hydrogen-bond donors (Lipinski definition) is 3. The van der Waals surface area contributed by atoms with Gasteiger partial charge in [-0.05, 0) is 36.8 Å². The third-order valence-corrected chi connectivity index (χ3v) is 4.43. The van der Waals surface area contributed by atoms with E-state index < -0.39 is 0 Å². The van der Waals surface area contributed by atoms with E-state index in [1.807, 2.05) is 0 Å². The van der Waals surface area contributed by atoms with Gasteiger partial charge < -0.3 is 15.7 Å². The Morgan fingerprint density at radius 2 is 1.77 bits per heavy atom. The number of likely N-dealkylation sites (tertiary alicyclic amines) is 1. The molecule has 0 aromatic heterocycles. The number of aliphatic hydroxyl groups excluding tert-OH is 1. The van der Waals surface area contributed by atoms with E-state index in [4.69, 9.17) is 0 Å². The molecule has 0 bridgehead atoms. The third-order valence-electron chi connectivity index (χ3n) is 4.43. The Morgan fingerprint density at radius 1 is 1.15 bits per heavy atom. The fraction of sp³-hybridized carbons (Fsp3) is 0.650. The van der Waals surface area contributed by atoms with Gasteiger partial charge in [0.1, 0.15) is 0 Å². The maximum atomic E-state index is 9.59. The summed E-state index contributed by atoms with van der Waals surface area (Å²) in [5, 5.41) is 16.3. The van der Waals surface area contributed by atoms with Crippen LogP contribution in [0.5, 0.6) is 0 Å². The Labute approximate surface area is 175 Å². The fourth-order valence-electron chi connectivity index (χ4n) is 2.90. The van der Waals surface area contributed by atoms with Crippen LogP contribution in [0, 0.1) is 5.92 Å². The molecule has 1 saturated heterocycles. The zero-order chi connectivity index (χ0) is 18.1. The molecule has 1 heterocycles. The van der Waals surface area contributed by atoms with Gasteiger partial charge in [-0.1, -0.05) is 38.1 Å².